The Hall–Kier alpha value is -0.320. The van der Waals surface area contributed by atoms with Gasteiger partial charge in [0.15, 0.2) is 0 Å². The van der Waals surface area contributed by atoms with E-state index in [1.165, 1.54) is 17.9 Å². The summed E-state index contributed by atoms with van der Waals surface area (Å²) in [5.41, 5.74) is 7.64. The zero-order valence-corrected chi connectivity index (χ0v) is 12.6. The molecule has 1 saturated heterocycles. The van der Waals surface area contributed by atoms with Gasteiger partial charge in [0.25, 0.3) is 0 Å². The van der Waals surface area contributed by atoms with E-state index in [-0.39, 0.29) is 6.04 Å². The van der Waals surface area contributed by atoms with Gasteiger partial charge in [-0.15, -0.1) is 0 Å². The van der Waals surface area contributed by atoms with Crippen molar-refractivity contribution in [2.45, 2.75) is 29.9 Å². The lowest BCUT2D eigenvalue weighted by Gasteiger charge is -2.34. The fourth-order valence-corrected chi connectivity index (χ4v) is 5.56. The lowest BCUT2D eigenvalue weighted by molar-refractivity contribution is 0.404. The summed E-state index contributed by atoms with van der Waals surface area (Å²) in [5.74, 6) is 3.36. The van der Waals surface area contributed by atoms with Gasteiger partial charge >= 0.3 is 0 Å². The molecule has 0 saturated carbocycles. The smallest absolute Gasteiger partial charge is 0.123 e. The van der Waals surface area contributed by atoms with E-state index in [0.717, 1.165) is 11.3 Å². The van der Waals surface area contributed by atoms with Crippen molar-refractivity contribution in [2.24, 2.45) is 5.73 Å². The summed E-state index contributed by atoms with van der Waals surface area (Å²) >= 11 is 4.08. The minimum atomic E-state index is 0.0592. The van der Waals surface area contributed by atoms with Crippen LogP contribution in [-0.4, -0.2) is 29.1 Å². The predicted molar refractivity (Wildman–Crippen MR) is 82.7 cm³/mol. The van der Waals surface area contributed by atoms with Gasteiger partial charge in [0.1, 0.15) is 5.75 Å². The molecule has 0 aromatic heterocycles. The lowest BCUT2D eigenvalue weighted by atomic mass is 10.00. The van der Waals surface area contributed by atoms with Gasteiger partial charge in [-0.05, 0) is 12.5 Å². The van der Waals surface area contributed by atoms with Crippen molar-refractivity contribution >= 4 is 23.5 Å². The van der Waals surface area contributed by atoms with Crippen LogP contribution in [0.25, 0.3) is 0 Å². The third-order valence-electron chi connectivity index (χ3n) is 3.35. The molecule has 100 valence electrons. The van der Waals surface area contributed by atoms with E-state index in [1.807, 2.05) is 30.0 Å². The Labute approximate surface area is 118 Å². The van der Waals surface area contributed by atoms with Crippen LogP contribution in [0.2, 0.25) is 0 Å². The SMILES string of the molecule is CCC1SCCSC1C(N)c1ccccc1OC. The van der Waals surface area contributed by atoms with Crippen molar-refractivity contribution in [1.29, 1.82) is 0 Å². The second kappa shape index (κ2) is 6.73. The molecule has 1 aromatic rings. The largest absolute Gasteiger partial charge is 0.496 e. The summed E-state index contributed by atoms with van der Waals surface area (Å²) in [6.45, 7) is 2.26. The van der Waals surface area contributed by atoms with Crippen molar-refractivity contribution in [3.8, 4) is 5.75 Å². The molecule has 0 bridgehead atoms. The van der Waals surface area contributed by atoms with Gasteiger partial charge in [-0.25, -0.2) is 0 Å². The van der Waals surface area contributed by atoms with Crippen LogP contribution in [0.5, 0.6) is 5.75 Å². The van der Waals surface area contributed by atoms with E-state index < -0.39 is 0 Å². The molecule has 0 spiro atoms. The van der Waals surface area contributed by atoms with Gasteiger partial charge in [0, 0.05) is 33.6 Å². The molecule has 1 aliphatic rings. The highest BCUT2D eigenvalue weighted by atomic mass is 32.2. The number of nitrogens with two attached hydrogens (primary N) is 1. The molecule has 1 aromatic carbocycles. The quantitative estimate of drug-likeness (QED) is 0.919. The molecule has 0 radical (unpaired) electrons. The molecule has 1 heterocycles. The minimum absolute atomic E-state index is 0.0592. The minimum Gasteiger partial charge on any atom is -0.496 e. The molecule has 1 aliphatic heterocycles. The van der Waals surface area contributed by atoms with Gasteiger partial charge in [-0.3, -0.25) is 0 Å². The fraction of sp³-hybridized carbons (Fsp3) is 0.571. The number of ether oxygens (including phenoxy) is 1. The van der Waals surface area contributed by atoms with Crippen molar-refractivity contribution < 1.29 is 4.74 Å². The van der Waals surface area contributed by atoms with Crippen LogP contribution in [0.1, 0.15) is 24.9 Å². The molecular weight excluding hydrogens is 262 g/mol. The summed E-state index contributed by atoms with van der Waals surface area (Å²) in [4.78, 5) is 0. The topological polar surface area (TPSA) is 35.2 Å². The number of hydrogen-bond donors (Lipinski definition) is 1. The Morgan fingerprint density at radius 3 is 2.78 bits per heavy atom. The molecule has 2 nitrogen and oxygen atoms in total. The highest BCUT2D eigenvalue weighted by molar-refractivity contribution is 8.07. The standard InChI is InChI=1S/C14H21NOS2/c1-3-12-14(18-9-8-17-12)13(15)10-6-4-5-7-11(10)16-2/h4-7,12-14H,3,8-9,15H2,1-2H3. The van der Waals surface area contributed by atoms with E-state index in [0.29, 0.717) is 10.5 Å². The third kappa shape index (κ3) is 2.98. The van der Waals surface area contributed by atoms with Crippen molar-refractivity contribution in [3.63, 3.8) is 0 Å². The van der Waals surface area contributed by atoms with Crippen LogP contribution in [0.3, 0.4) is 0 Å². The van der Waals surface area contributed by atoms with Gasteiger partial charge in [-0.2, -0.15) is 23.5 Å². The summed E-state index contributed by atoms with van der Waals surface area (Å²) in [6, 6.07) is 8.19. The van der Waals surface area contributed by atoms with Gasteiger partial charge in [0.2, 0.25) is 0 Å². The monoisotopic (exact) mass is 283 g/mol. The van der Waals surface area contributed by atoms with Crippen LogP contribution < -0.4 is 10.5 Å². The summed E-state index contributed by atoms with van der Waals surface area (Å²) < 4.78 is 5.43. The second-order valence-corrected chi connectivity index (χ2v) is 7.05. The van der Waals surface area contributed by atoms with E-state index in [4.69, 9.17) is 10.5 Å². The molecule has 2 rings (SSSR count). The molecule has 3 unspecified atom stereocenters. The number of para-hydroxylation sites is 1. The maximum atomic E-state index is 6.50. The van der Waals surface area contributed by atoms with Crippen molar-refractivity contribution in [1.82, 2.24) is 0 Å². The molecule has 3 atom stereocenters. The molecule has 0 amide bonds. The van der Waals surface area contributed by atoms with Crippen molar-refractivity contribution in [2.75, 3.05) is 18.6 Å². The maximum absolute atomic E-state index is 6.50. The van der Waals surface area contributed by atoms with Gasteiger partial charge in [0.05, 0.1) is 7.11 Å². The normalized spacial score (nSPS) is 25.7. The summed E-state index contributed by atoms with van der Waals surface area (Å²) in [6.07, 6.45) is 1.19. The molecule has 4 heteroatoms. The first-order valence-electron chi connectivity index (χ1n) is 6.39. The van der Waals surface area contributed by atoms with Crippen LogP contribution in [0, 0.1) is 0 Å². The zero-order valence-electron chi connectivity index (χ0n) is 11.0. The molecule has 1 fully saturated rings. The number of thioether (sulfide) groups is 2. The molecule has 18 heavy (non-hydrogen) atoms. The number of methoxy groups -OCH3 is 1. The van der Waals surface area contributed by atoms with Crippen molar-refractivity contribution in [3.05, 3.63) is 29.8 Å². The van der Waals surface area contributed by atoms with E-state index in [2.05, 4.69) is 24.8 Å². The van der Waals surface area contributed by atoms with E-state index in [1.54, 1.807) is 7.11 Å². The lowest BCUT2D eigenvalue weighted by Crippen LogP contribution is -2.35. The van der Waals surface area contributed by atoms with Gasteiger partial charge in [-0.1, -0.05) is 25.1 Å². The fourth-order valence-electron chi connectivity index (χ4n) is 2.39. The Balaban J connectivity index is 2.20. The first kappa shape index (κ1) is 14.1. The number of hydrogen-bond acceptors (Lipinski definition) is 4. The molecule has 0 aliphatic carbocycles. The van der Waals surface area contributed by atoms with Crippen LogP contribution in [0.15, 0.2) is 24.3 Å². The van der Waals surface area contributed by atoms with Crippen LogP contribution in [0.4, 0.5) is 0 Å². The zero-order chi connectivity index (χ0) is 13.0. The van der Waals surface area contributed by atoms with Crippen LogP contribution in [-0.2, 0) is 0 Å². The first-order valence-corrected chi connectivity index (χ1v) is 8.49. The number of benzene rings is 1. The average Bonchev–Trinajstić information content (AvgIpc) is 2.46. The van der Waals surface area contributed by atoms with E-state index in [9.17, 15) is 0 Å². The molecular formula is C14H21NOS2. The van der Waals surface area contributed by atoms with E-state index >= 15 is 0 Å². The predicted octanol–water partition coefficient (Wildman–Crippen LogP) is 3.32. The first-order chi connectivity index (χ1) is 8.77. The Morgan fingerprint density at radius 2 is 2.06 bits per heavy atom. The Kier molecular flexibility index (Phi) is 5.27. The highest BCUT2D eigenvalue weighted by Gasteiger charge is 2.31. The third-order valence-corrected chi connectivity index (χ3v) is 6.72. The molecule has 2 N–H and O–H groups in total. The maximum Gasteiger partial charge on any atom is 0.123 e. The van der Waals surface area contributed by atoms with Gasteiger partial charge < -0.3 is 10.5 Å². The Morgan fingerprint density at radius 1 is 1.33 bits per heavy atom. The highest BCUT2D eigenvalue weighted by Crippen LogP contribution is 2.40. The number of rotatable bonds is 4. The second-order valence-electron chi connectivity index (χ2n) is 4.42. The van der Waals surface area contributed by atoms with Crippen LogP contribution >= 0.6 is 23.5 Å². The summed E-state index contributed by atoms with van der Waals surface area (Å²) in [5, 5.41) is 1.15. The Bertz CT molecular complexity index is 386. The average molecular weight is 283 g/mol. The summed E-state index contributed by atoms with van der Waals surface area (Å²) in [7, 11) is 1.71.